The number of rotatable bonds is 4. The van der Waals surface area contributed by atoms with E-state index >= 15 is 0 Å². The molecule has 2 aromatic carbocycles. The number of anilines is 1. The van der Waals surface area contributed by atoms with Gasteiger partial charge in [0.15, 0.2) is 5.13 Å². The second-order valence-corrected chi connectivity index (χ2v) is 8.35. The maximum absolute atomic E-state index is 12.7. The molecule has 2 amide bonds. The van der Waals surface area contributed by atoms with Gasteiger partial charge in [-0.15, -0.1) is 0 Å². The average Bonchev–Trinajstić information content (AvgIpc) is 3.14. The molecule has 1 N–H and O–H groups in total. The number of aryl methyl sites for hydroxylation is 2. The summed E-state index contributed by atoms with van der Waals surface area (Å²) in [7, 11) is 1.56. The third-order valence-electron chi connectivity index (χ3n) is 4.96. The molecule has 2 heterocycles. The summed E-state index contributed by atoms with van der Waals surface area (Å²) < 4.78 is 0. The minimum atomic E-state index is -0.325. The number of amides is 2. The highest BCUT2D eigenvalue weighted by Crippen LogP contribution is 2.39. The smallest absolute Gasteiger partial charge is 0.273 e. The minimum absolute atomic E-state index is 0.0934. The van der Waals surface area contributed by atoms with E-state index in [1.807, 2.05) is 19.1 Å². The van der Waals surface area contributed by atoms with Crippen LogP contribution >= 0.6 is 11.3 Å². The van der Waals surface area contributed by atoms with Gasteiger partial charge in [-0.2, -0.15) is 5.10 Å². The number of nitrogens with zero attached hydrogens (tertiary/aromatic N) is 3. The summed E-state index contributed by atoms with van der Waals surface area (Å²) in [6.45, 7) is 4.10. The molecular weight excluding hydrogens is 396 g/mol. The molecule has 0 saturated heterocycles. The number of carbonyl (C=O) groups excluding carboxylic acids is 2. The molecule has 3 aromatic rings. The molecule has 1 aromatic heterocycles. The summed E-state index contributed by atoms with van der Waals surface area (Å²) in [6.07, 6.45) is 0.611. The molecule has 6 nitrogen and oxygen atoms in total. The van der Waals surface area contributed by atoms with Crippen LogP contribution in [0.15, 0.2) is 53.6 Å². The maximum atomic E-state index is 12.7. The Balaban J connectivity index is 1.69. The molecule has 1 aliphatic rings. The number of hydrogen-bond acceptors (Lipinski definition) is 5. The lowest BCUT2D eigenvalue weighted by atomic mass is 10.0. The first-order valence-electron chi connectivity index (χ1n) is 9.71. The van der Waals surface area contributed by atoms with Crippen LogP contribution in [0.25, 0.3) is 21.7 Å². The Hall–Kier alpha value is -3.32. The van der Waals surface area contributed by atoms with Gasteiger partial charge in [0.1, 0.15) is 5.71 Å². The lowest BCUT2D eigenvalue weighted by Gasteiger charge is -2.18. The van der Waals surface area contributed by atoms with Gasteiger partial charge in [0.2, 0.25) is 5.91 Å². The van der Waals surface area contributed by atoms with Crippen molar-refractivity contribution in [1.29, 1.82) is 0 Å². The van der Waals surface area contributed by atoms with Crippen LogP contribution in [-0.2, 0) is 9.59 Å². The molecule has 0 saturated carbocycles. The van der Waals surface area contributed by atoms with Crippen LogP contribution in [-0.4, -0.2) is 34.6 Å². The van der Waals surface area contributed by atoms with Gasteiger partial charge in [0, 0.05) is 25.5 Å². The van der Waals surface area contributed by atoms with Gasteiger partial charge >= 0.3 is 0 Å². The zero-order chi connectivity index (χ0) is 21.3. The monoisotopic (exact) mass is 418 g/mol. The molecule has 1 aliphatic heterocycles. The fourth-order valence-corrected chi connectivity index (χ4v) is 4.17. The van der Waals surface area contributed by atoms with E-state index in [0.717, 1.165) is 21.7 Å². The van der Waals surface area contributed by atoms with Gasteiger partial charge in [-0.3, -0.25) is 14.9 Å². The minimum Gasteiger partial charge on any atom is -0.297 e. The van der Waals surface area contributed by atoms with Gasteiger partial charge in [-0.25, -0.2) is 9.99 Å². The predicted octanol–water partition coefficient (Wildman–Crippen LogP) is 4.64. The predicted molar refractivity (Wildman–Crippen MR) is 121 cm³/mol. The Morgan fingerprint density at radius 3 is 2.17 bits per heavy atom. The average molecular weight is 419 g/mol. The fourth-order valence-electron chi connectivity index (χ4n) is 3.18. The van der Waals surface area contributed by atoms with Crippen molar-refractivity contribution >= 4 is 34.0 Å². The molecule has 0 radical (unpaired) electrons. The third kappa shape index (κ3) is 4.16. The van der Waals surface area contributed by atoms with Crippen molar-refractivity contribution in [1.82, 2.24) is 9.99 Å². The lowest BCUT2D eigenvalue weighted by Crippen LogP contribution is -2.34. The largest absolute Gasteiger partial charge is 0.297 e. The van der Waals surface area contributed by atoms with E-state index in [1.165, 1.54) is 27.5 Å². The molecule has 0 bridgehead atoms. The van der Waals surface area contributed by atoms with Crippen LogP contribution in [0.2, 0.25) is 0 Å². The van der Waals surface area contributed by atoms with Gasteiger partial charge < -0.3 is 0 Å². The van der Waals surface area contributed by atoms with E-state index in [9.17, 15) is 9.59 Å². The van der Waals surface area contributed by atoms with Crippen molar-refractivity contribution in [3.63, 3.8) is 0 Å². The van der Waals surface area contributed by atoms with Gasteiger partial charge in [0.05, 0.1) is 10.6 Å². The molecule has 152 valence electrons. The molecule has 0 spiro atoms. The summed E-state index contributed by atoms with van der Waals surface area (Å²) in [4.78, 5) is 30.0. The molecule has 0 atom stereocenters. The first kappa shape index (κ1) is 20.0. The third-order valence-corrected chi connectivity index (χ3v) is 5.98. The fraction of sp³-hybridized carbons (Fsp3) is 0.217. The Morgan fingerprint density at radius 2 is 1.57 bits per heavy atom. The molecule has 7 heteroatoms. The zero-order valence-corrected chi connectivity index (χ0v) is 17.9. The van der Waals surface area contributed by atoms with Crippen LogP contribution in [0.3, 0.4) is 0 Å². The van der Waals surface area contributed by atoms with Gasteiger partial charge in [-0.1, -0.05) is 71.0 Å². The number of carbonyl (C=O) groups is 2. The van der Waals surface area contributed by atoms with E-state index in [1.54, 1.807) is 7.05 Å². The molecular formula is C23H22N4O2S. The maximum Gasteiger partial charge on any atom is 0.273 e. The van der Waals surface area contributed by atoms with E-state index < -0.39 is 0 Å². The first-order valence-corrected chi connectivity index (χ1v) is 10.5. The Morgan fingerprint density at radius 1 is 0.967 bits per heavy atom. The van der Waals surface area contributed by atoms with E-state index in [-0.39, 0.29) is 18.2 Å². The highest BCUT2D eigenvalue weighted by molar-refractivity contribution is 7.19. The first-order chi connectivity index (χ1) is 14.4. The van der Waals surface area contributed by atoms with Crippen molar-refractivity contribution in [3.8, 4) is 21.7 Å². The summed E-state index contributed by atoms with van der Waals surface area (Å²) in [5, 5.41) is 8.69. The Kier molecular flexibility index (Phi) is 5.46. The van der Waals surface area contributed by atoms with Gasteiger partial charge in [0.25, 0.3) is 5.91 Å². The normalized spacial score (nSPS) is 13.9. The van der Waals surface area contributed by atoms with Crippen molar-refractivity contribution < 1.29 is 9.59 Å². The number of thiazole rings is 1. The topological polar surface area (TPSA) is 74.7 Å². The summed E-state index contributed by atoms with van der Waals surface area (Å²) in [5.74, 6) is -0.418. The van der Waals surface area contributed by atoms with Crippen molar-refractivity contribution in [2.45, 2.75) is 26.7 Å². The molecule has 4 rings (SSSR count). The highest BCUT2D eigenvalue weighted by atomic mass is 32.1. The van der Waals surface area contributed by atoms with Gasteiger partial charge in [-0.05, 0) is 19.4 Å². The second kappa shape index (κ2) is 8.20. The number of aromatic nitrogens is 1. The number of hydrazone groups is 1. The van der Waals surface area contributed by atoms with Crippen molar-refractivity contribution in [2.24, 2.45) is 5.10 Å². The Labute approximate surface area is 179 Å². The van der Waals surface area contributed by atoms with Crippen molar-refractivity contribution in [2.75, 3.05) is 12.4 Å². The molecule has 0 unspecified atom stereocenters. The molecule has 0 aliphatic carbocycles. The van der Waals surface area contributed by atoms with Crippen LogP contribution in [0.4, 0.5) is 5.13 Å². The van der Waals surface area contributed by atoms with Crippen LogP contribution in [0, 0.1) is 13.8 Å². The standard InChI is InChI=1S/C23H22N4O2S/c1-14-4-8-16(9-5-14)20-21(17-10-6-15(2)7-11-17)30-23(24-20)25-22(29)18-12-13-19(28)27(3)26-18/h4-11H,12-13H2,1-3H3,(H,24,25,29). The molecule has 0 fully saturated rings. The van der Waals surface area contributed by atoms with E-state index in [4.69, 9.17) is 4.98 Å². The lowest BCUT2D eigenvalue weighted by molar-refractivity contribution is -0.130. The SMILES string of the molecule is Cc1ccc(-c2nc(NC(=O)C3=NN(C)C(=O)CC3)sc2-c2ccc(C)cc2)cc1. The van der Waals surface area contributed by atoms with Crippen LogP contribution < -0.4 is 5.32 Å². The number of benzene rings is 2. The Bertz CT molecular complexity index is 1070. The highest BCUT2D eigenvalue weighted by Gasteiger charge is 2.23. The van der Waals surface area contributed by atoms with Crippen LogP contribution in [0.5, 0.6) is 0 Å². The zero-order valence-electron chi connectivity index (χ0n) is 17.1. The van der Waals surface area contributed by atoms with Crippen molar-refractivity contribution in [3.05, 3.63) is 59.7 Å². The van der Waals surface area contributed by atoms with E-state index in [0.29, 0.717) is 17.3 Å². The summed E-state index contributed by atoms with van der Waals surface area (Å²) in [5.41, 5.74) is 5.57. The number of nitrogens with one attached hydrogen (secondary N) is 1. The van der Waals surface area contributed by atoms with E-state index in [2.05, 4.69) is 53.7 Å². The van der Waals surface area contributed by atoms with Crippen LogP contribution in [0.1, 0.15) is 24.0 Å². The molecule has 30 heavy (non-hydrogen) atoms. The second-order valence-electron chi connectivity index (χ2n) is 7.35. The summed E-state index contributed by atoms with van der Waals surface area (Å²) in [6, 6.07) is 16.4. The quantitative estimate of drug-likeness (QED) is 0.671. The number of hydrogen-bond donors (Lipinski definition) is 1. The summed E-state index contributed by atoms with van der Waals surface area (Å²) >= 11 is 1.43.